The van der Waals surface area contributed by atoms with Gasteiger partial charge in [0.15, 0.2) is 5.75 Å². The van der Waals surface area contributed by atoms with Crippen LogP contribution in [-0.4, -0.2) is 41.3 Å². The van der Waals surface area contributed by atoms with E-state index in [-0.39, 0.29) is 11.9 Å². The molecule has 4 aromatic rings. The predicted octanol–water partition coefficient (Wildman–Crippen LogP) is 4.62. The van der Waals surface area contributed by atoms with E-state index in [9.17, 15) is 4.39 Å². The number of para-hydroxylation sites is 1. The molecule has 3 heterocycles. The highest BCUT2D eigenvalue weighted by Gasteiger charge is 2.32. The lowest BCUT2D eigenvalue weighted by Crippen LogP contribution is -2.43. The summed E-state index contributed by atoms with van der Waals surface area (Å²) in [5, 5.41) is 0. The van der Waals surface area contributed by atoms with Gasteiger partial charge in [-0.25, -0.2) is 14.4 Å². The maximum absolute atomic E-state index is 13.6. The molecule has 2 aromatic carbocycles. The van der Waals surface area contributed by atoms with Gasteiger partial charge in [-0.2, -0.15) is 0 Å². The van der Waals surface area contributed by atoms with Gasteiger partial charge in [-0.1, -0.05) is 12.1 Å². The van der Waals surface area contributed by atoms with Crippen molar-refractivity contribution in [2.75, 3.05) is 25.2 Å². The number of aryl methyl sites for hydroxylation is 1. The van der Waals surface area contributed by atoms with E-state index in [4.69, 9.17) is 9.47 Å². The van der Waals surface area contributed by atoms with Crippen molar-refractivity contribution in [1.29, 1.82) is 0 Å². The van der Waals surface area contributed by atoms with Crippen LogP contribution in [0.15, 0.2) is 54.7 Å². The molecule has 1 atom stereocenters. The first-order chi connectivity index (χ1) is 14.6. The fraction of sp³-hybridized carbons (Fsp3) is 0.217. The molecular weight excluding hydrogens is 383 g/mol. The summed E-state index contributed by atoms with van der Waals surface area (Å²) in [7, 11) is 1.68. The fourth-order valence-electron chi connectivity index (χ4n) is 3.84. The zero-order chi connectivity index (χ0) is 20.7. The molecule has 2 aromatic heterocycles. The van der Waals surface area contributed by atoms with E-state index < -0.39 is 0 Å². The second kappa shape index (κ2) is 7.42. The Bertz CT molecular complexity index is 1210. The maximum Gasteiger partial charge on any atom is 0.154 e. The highest BCUT2D eigenvalue weighted by Crippen LogP contribution is 2.44. The van der Waals surface area contributed by atoms with Crippen molar-refractivity contribution in [3.63, 3.8) is 0 Å². The molecule has 0 amide bonds. The number of ether oxygens (including phenoxy) is 2. The van der Waals surface area contributed by atoms with Gasteiger partial charge in [-0.05, 0) is 48.9 Å². The minimum atomic E-state index is -0.303. The standard InChI is InChI=1S/C23H21FN4O2/c1-14-6-9-21(25-11-14)28-16(12-29-2)13-30-22-17(4-3-5-20(22)28)23-26-18-8-7-15(24)10-19(18)27-23/h3-11,16H,12-13H2,1-2H3,(H,26,27). The van der Waals surface area contributed by atoms with E-state index in [1.807, 2.05) is 43.5 Å². The van der Waals surface area contributed by atoms with Crippen LogP contribution in [0.3, 0.4) is 0 Å². The average Bonchev–Trinajstić information content (AvgIpc) is 3.17. The SMILES string of the molecule is COCC1COc2c(-c3nc4ccc(F)cc4[nH]3)cccc2N1c1ccc(C)cn1. The first-order valence-corrected chi connectivity index (χ1v) is 9.76. The first kappa shape index (κ1) is 18.6. The summed E-state index contributed by atoms with van der Waals surface area (Å²) in [6.07, 6.45) is 1.85. The number of fused-ring (bicyclic) bond motifs is 2. The van der Waals surface area contributed by atoms with Crippen LogP contribution in [0, 0.1) is 12.7 Å². The summed E-state index contributed by atoms with van der Waals surface area (Å²) < 4.78 is 25.2. The number of halogens is 1. The molecule has 1 unspecified atom stereocenters. The largest absolute Gasteiger partial charge is 0.488 e. The number of benzene rings is 2. The summed E-state index contributed by atoms with van der Waals surface area (Å²) in [6, 6.07) is 14.5. The Balaban J connectivity index is 1.64. The second-order valence-corrected chi connectivity index (χ2v) is 7.38. The number of pyridine rings is 1. The van der Waals surface area contributed by atoms with Crippen molar-refractivity contribution in [3.8, 4) is 17.1 Å². The monoisotopic (exact) mass is 404 g/mol. The number of aromatic amines is 1. The topological polar surface area (TPSA) is 63.3 Å². The van der Waals surface area contributed by atoms with Gasteiger partial charge in [0.1, 0.15) is 24.1 Å². The molecule has 0 bridgehead atoms. The molecule has 0 saturated heterocycles. The number of hydrogen-bond acceptors (Lipinski definition) is 5. The normalized spacial score (nSPS) is 15.8. The Labute approximate surface area is 173 Å². The molecule has 1 N–H and O–H groups in total. The lowest BCUT2D eigenvalue weighted by molar-refractivity contribution is 0.146. The molecule has 5 rings (SSSR count). The Morgan fingerprint density at radius 3 is 2.93 bits per heavy atom. The quantitative estimate of drug-likeness (QED) is 0.538. The summed E-state index contributed by atoms with van der Waals surface area (Å²) in [4.78, 5) is 14.6. The molecule has 30 heavy (non-hydrogen) atoms. The van der Waals surface area contributed by atoms with Gasteiger partial charge in [0.05, 0.1) is 34.9 Å². The van der Waals surface area contributed by atoms with Crippen molar-refractivity contribution in [2.45, 2.75) is 13.0 Å². The maximum atomic E-state index is 13.6. The third kappa shape index (κ3) is 3.17. The average molecular weight is 404 g/mol. The van der Waals surface area contributed by atoms with Crippen molar-refractivity contribution in [3.05, 3.63) is 66.1 Å². The Morgan fingerprint density at radius 2 is 2.13 bits per heavy atom. The number of nitrogens with one attached hydrogen (secondary N) is 1. The van der Waals surface area contributed by atoms with E-state index in [1.54, 1.807) is 13.2 Å². The summed E-state index contributed by atoms with van der Waals surface area (Å²) >= 11 is 0. The van der Waals surface area contributed by atoms with E-state index in [2.05, 4.69) is 19.9 Å². The number of H-pyrrole nitrogens is 1. The van der Waals surface area contributed by atoms with E-state index in [0.29, 0.717) is 35.8 Å². The van der Waals surface area contributed by atoms with Gasteiger partial charge in [0, 0.05) is 13.3 Å². The number of rotatable bonds is 4. The molecule has 6 nitrogen and oxygen atoms in total. The number of imidazole rings is 1. The van der Waals surface area contributed by atoms with Crippen molar-refractivity contribution >= 4 is 22.5 Å². The number of anilines is 2. The van der Waals surface area contributed by atoms with E-state index >= 15 is 0 Å². The van der Waals surface area contributed by atoms with Gasteiger partial charge in [0.25, 0.3) is 0 Å². The van der Waals surface area contributed by atoms with Gasteiger partial charge < -0.3 is 19.4 Å². The Morgan fingerprint density at radius 1 is 1.23 bits per heavy atom. The summed E-state index contributed by atoms with van der Waals surface area (Å²) in [6.45, 7) is 2.96. The smallest absolute Gasteiger partial charge is 0.154 e. The molecule has 1 aliphatic heterocycles. The van der Waals surface area contributed by atoms with Gasteiger partial charge in [0.2, 0.25) is 0 Å². The molecular formula is C23H21FN4O2. The van der Waals surface area contributed by atoms with Crippen LogP contribution in [0.4, 0.5) is 15.9 Å². The summed E-state index contributed by atoms with van der Waals surface area (Å²) in [5.41, 5.74) is 4.15. The molecule has 152 valence electrons. The number of hydrogen-bond donors (Lipinski definition) is 1. The molecule has 7 heteroatoms. The van der Waals surface area contributed by atoms with Crippen LogP contribution in [0.1, 0.15) is 5.56 Å². The van der Waals surface area contributed by atoms with Crippen LogP contribution < -0.4 is 9.64 Å². The third-order valence-electron chi connectivity index (χ3n) is 5.24. The minimum absolute atomic E-state index is 0.0160. The summed E-state index contributed by atoms with van der Waals surface area (Å²) in [5.74, 6) is 1.88. The van der Waals surface area contributed by atoms with Crippen LogP contribution in [-0.2, 0) is 4.74 Å². The van der Waals surface area contributed by atoms with Crippen LogP contribution >= 0.6 is 0 Å². The third-order valence-corrected chi connectivity index (χ3v) is 5.24. The molecule has 0 aliphatic carbocycles. The minimum Gasteiger partial charge on any atom is -0.488 e. The lowest BCUT2D eigenvalue weighted by Gasteiger charge is -2.38. The predicted molar refractivity (Wildman–Crippen MR) is 114 cm³/mol. The van der Waals surface area contributed by atoms with Crippen LogP contribution in [0.5, 0.6) is 5.75 Å². The number of aromatic nitrogens is 3. The van der Waals surface area contributed by atoms with Gasteiger partial charge >= 0.3 is 0 Å². The van der Waals surface area contributed by atoms with Crippen LogP contribution in [0.2, 0.25) is 0 Å². The number of nitrogens with zero attached hydrogens (tertiary/aromatic N) is 3. The highest BCUT2D eigenvalue weighted by atomic mass is 19.1. The fourth-order valence-corrected chi connectivity index (χ4v) is 3.84. The molecule has 1 aliphatic rings. The van der Waals surface area contributed by atoms with Crippen molar-refractivity contribution in [1.82, 2.24) is 15.0 Å². The van der Waals surface area contributed by atoms with E-state index in [1.165, 1.54) is 12.1 Å². The van der Waals surface area contributed by atoms with E-state index in [0.717, 1.165) is 22.6 Å². The van der Waals surface area contributed by atoms with Crippen molar-refractivity contribution < 1.29 is 13.9 Å². The number of methoxy groups -OCH3 is 1. The first-order valence-electron chi connectivity index (χ1n) is 9.76. The van der Waals surface area contributed by atoms with Gasteiger partial charge in [-0.15, -0.1) is 0 Å². The second-order valence-electron chi connectivity index (χ2n) is 7.38. The lowest BCUT2D eigenvalue weighted by atomic mass is 10.1. The molecule has 0 spiro atoms. The van der Waals surface area contributed by atoms with Gasteiger partial charge in [-0.3, -0.25) is 0 Å². The molecule has 0 fully saturated rings. The zero-order valence-electron chi connectivity index (χ0n) is 16.7. The Hall–Kier alpha value is -3.45. The Kier molecular flexibility index (Phi) is 4.59. The van der Waals surface area contributed by atoms with Crippen molar-refractivity contribution in [2.24, 2.45) is 0 Å². The molecule has 0 radical (unpaired) electrons. The zero-order valence-corrected chi connectivity index (χ0v) is 16.7. The highest BCUT2D eigenvalue weighted by molar-refractivity contribution is 5.84. The molecule has 0 saturated carbocycles. The van der Waals surface area contributed by atoms with Crippen LogP contribution in [0.25, 0.3) is 22.4 Å².